The van der Waals surface area contributed by atoms with Gasteiger partial charge in [0, 0.05) is 24.2 Å². The molecule has 3 aromatic rings. The predicted molar refractivity (Wildman–Crippen MR) is 96.5 cm³/mol. The molecule has 1 saturated heterocycles. The molecule has 2 aromatic heterocycles. The second-order valence-corrected chi connectivity index (χ2v) is 7.06. The number of benzene rings is 1. The highest BCUT2D eigenvalue weighted by atomic mass is 32.2. The Labute approximate surface area is 149 Å². The molecule has 0 bridgehead atoms. The van der Waals surface area contributed by atoms with E-state index >= 15 is 0 Å². The molecule has 5 rings (SSSR count). The Bertz CT molecular complexity index is 887. The van der Waals surface area contributed by atoms with Crippen molar-refractivity contribution >= 4 is 22.7 Å². The Morgan fingerprint density at radius 2 is 1.92 bits per heavy atom. The predicted octanol–water partition coefficient (Wildman–Crippen LogP) is 3.87. The molecule has 1 fully saturated rings. The van der Waals surface area contributed by atoms with Crippen LogP contribution in [0.4, 0.5) is 6.01 Å². The maximum Gasteiger partial charge on any atom is 0.324 e. The molecule has 25 heavy (non-hydrogen) atoms. The molecule has 1 aromatic carbocycles. The summed E-state index contributed by atoms with van der Waals surface area (Å²) in [5, 5.41) is 8.37. The van der Waals surface area contributed by atoms with Gasteiger partial charge in [-0.2, -0.15) is 0 Å². The fraction of sp³-hybridized carbons (Fsp3) is 0.222. The van der Waals surface area contributed by atoms with Gasteiger partial charge in [-0.05, 0) is 24.1 Å². The average molecular weight is 352 g/mol. The minimum atomic E-state index is 0.147. The Morgan fingerprint density at radius 1 is 1.04 bits per heavy atom. The van der Waals surface area contributed by atoms with Gasteiger partial charge in [0.1, 0.15) is 5.50 Å². The normalized spacial score (nSPS) is 20.6. The van der Waals surface area contributed by atoms with Crippen molar-refractivity contribution in [1.29, 1.82) is 0 Å². The van der Waals surface area contributed by atoms with Crippen LogP contribution in [0, 0.1) is 0 Å². The monoisotopic (exact) mass is 352 g/mol. The van der Waals surface area contributed by atoms with E-state index in [0.717, 1.165) is 13.1 Å². The number of nitrogens with zero attached hydrogens (tertiary/aromatic N) is 4. The fourth-order valence-corrected chi connectivity index (χ4v) is 4.22. The van der Waals surface area contributed by atoms with Gasteiger partial charge in [0.2, 0.25) is 0 Å². The van der Waals surface area contributed by atoms with E-state index < -0.39 is 0 Å². The van der Waals surface area contributed by atoms with Crippen LogP contribution in [0.1, 0.15) is 12.0 Å². The standard InChI is InChI=1S/C18H16N4O2S/c1-2-6-13(7-3-1)15-12-22(18(25-15)21-9-5-10-21)17-20-19-16(24-17)14-8-4-11-23-14/h1-4,6-8,11-12,18H,5,9-10H2. The second-order valence-electron chi connectivity index (χ2n) is 5.97. The summed E-state index contributed by atoms with van der Waals surface area (Å²) in [7, 11) is 0. The van der Waals surface area contributed by atoms with Gasteiger partial charge in [0.25, 0.3) is 5.89 Å². The minimum absolute atomic E-state index is 0.147. The first kappa shape index (κ1) is 14.8. The summed E-state index contributed by atoms with van der Waals surface area (Å²) < 4.78 is 11.2. The third-order valence-electron chi connectivity index (χ3n) is 4.36. The lowest BCUT2D eigenvalue weighted by Gasteiger charge is -2.38. The quantitative estimate of drug-likeness (QED) is 0.706. The van der Waals surface area contributed by atoms with E-state index in [4.69, 9.17) is 8.83 Å². The molecule has 1 atom stereocenters. The van der Waals surface area contributed by atoms with Crippen molar-refractivity contribution in [3.63, 3.8) is 0 Å². The number of hydrogen-bond acceptors (Lipinski definition) is 7. The molecule has 126 valence electrons. The van der Waals surface area contributed by atoms with Crippen LogP contribution in [0.5, 0.6) is 0 Å². The molecule has 7 heteroatoms. The van der Waals surface area contributed by atoms with Gasteiger partial charge < -0.3 is 8.83 Å². The lowest BCUT2D eigenvalue weighted by molar-refractivity contribution is 0.166. The minimum Gasteiger partial charge on any atom is -0.459 e. The van der Waals surface area contributed by atoms with Gasteiger partial charge >= 0.3 is 6.01 Å². The first-order chi connectivity index (χ1) is 12.4. The SMILES string of the molecule is C1=C(c2ccccc2)SC(N2CCC2)N1c1nnc(-c2ccco2)o1. The van der Waals surface area contributed by atoms with Gasteiger partial charge in [-0.1, -0.05) is 47.2 Å². The van der Waals surface area contributed by atoms with Crippen LogP contribution in [0.2, 0.25) is 0 Å². The van der Waals surface area contributed by atoms with Crippen LogP contribution in [0.3, 0.4) is 0 Å². The number of rotatable bonds is 4. The number of anilines is 1. The molecule has 0 saturated carbocycles. The van der Waals surface area contributed by atoms with Gasteiger partial charge in [-0.15, -0.1) is 5.10 Å². The molecule has 2 aliphatic heterocycles. The first-order valence-electron chi connectivity index (χ1n) is 8.22. The average Bonchev–Trinajstić information content (AvgIpc) is 3.34. The van der Waals surface area contributed by atoms with Gasteiger partial charge in [-0.25, -0.2) is 0 Å². The van der Waals surface area contributed by atoms with E-state index in [9.17, 15) is 0 Å². The molecule has 4 heterocycles. The summed E-state index contributed by atoms with van der Waals surface area (Å²) >= 11 is 1.82. The molecule has 0 amide bonds. The van der Waals surface area contributed by atoms with E-state index in [0.29, 0.717) is 17.7 Å². The number of likely N-dealkylation sites (tertiary alicyclic amines) is 1. The molecule has 1 unspecified atom stereocenters. The highest BCUT2D eigenvalue weighted by molar-refractivity contribution is 8.09. The van der Waals surface area contributed by atoms with Crippen molar-refractivity contribution in [3.05, 3.63) is 60.5 Å². The molecular formula is C18H16N4O2S. The van der Waals surface area contributed by atoms with E-state index in [-0.39, 0.29) is 5.50 Å². The summed E-state index contributed by atoms with van der Waals surface area (Å²) in [5.74, 6) is 0.979. The number of furan rings is 1. The topological polar surface area (TPSA) is 58.5 Å². The lowest BCUT2D eigenvalue weighted by Crippen LogP contribution is -2.49. The van der Waals surface area contributed by atoms with Crippen molar-refractivity contribution in [2.24, 2.45) is 0 Å². The number of hydrogen-bond donors (Lipinski definition) is 0. The number of aromatic nitrogens is 2. The van der Waals surface area contributed by atoms with E-state index in [1.54, 1.807) is 12.3 Å². The lowest BCUT2D eigenvalue weighted by atomic mass is 10.2. The molecular weight excluding hydrogens is 336 g/mol. The van der Waals surface area contributed by atoms with Crippen molar-refractivity contribution in [2.45, 2.75) is 11.9 Å². The Morgan fingerprint density at radius 3 is 2.64 bits per heavy atom. The van der Waals surface area contributed by atoms with Crippen LogP contribution in [0.15, 0.2) is 63.8 Å². The van der Waals surface area contributed by atoms with Crippen LogP contribution >= 0.6 is 11.8 Å². The first-order valence-corrected chi connectivity index (χ1v) is 9.10. The Kier molecular flexibility index (Phi) is 3.61. The number of thioether (sulfide) groups is 1. The largest absolute Gasteiger partial charge is 0.459 e. The Balaban J connectivity index is 1.49. The van der Waals surface area contributed by atoms with Gasteiger partial charge in [0.05, 0.1) is 6.26 Å². The van der Waals surface area contributed by atoms with Crippen molar-refractivity contribution in [2.75, 3.05) is 18.0 Å². The summed E-state index contributed by atoms with van der Waals surface area (Å²) in [6.45, 7) is 2.17. The van der Waals surface area contributed by atoms with E-state index in [1.807, 2.05) is 23.9 Å². The third-order valence-corrected chi connectivity index (χ3v) is 5.69. The molecule has 0 spiro atoms. The fourth-order valence-electron chi connectivity index (χ4n) is 2.92. The summed E-state index contributed by atoms with van der Waals surface area (Å²) in [4.78, 5) is 5.68. The third kappa shape index (κ3) is 2.65. The molecule has 2 aliphatic rings. The zero-order valence-corrected chi connectivity index (χ0v) is 14.2. The van der Waals surface area contributed by atoms with Crippen molar-refractivity contribution in [3.8, 4) is 11.7 Å². The smallest absolute Gasteiger partial charge is 0.324 e. The second kappa shape index (κ2) is 6.09. The zero-order chi connectivity index (χ0) is 16.6. The van der Waals surface area contributed by atoms with E-state index in [1.165, 1.54) is 16.9 Å². The van der Waals surface area contributed by atoms with Crippen LogP contribution < -0.4 is 4.90 Å². The molecule has 0 aliphatic carbocycles. The maximum atomic E-state index is 5.87. The highest BCUT2D eigenvalue weighted by Crippen LogP contribution is 2.44. The molecule has 6 nitrogen and oxygen atoms in total. The van der Waals surface area contributed by atoms with Crippen molar-refractivity contribution in [1.82, 2.24) is 15.1 Å². The van der Waals surface area contributed by atoms with Crippen molar-refractivity contribution < 1.29 is 8.83 Å². The Hall–Kier alpha value is -2.51. The van der Waals surface area contributed by atoms with Crippen LogP contribution in [-0.2, 0) is 0 Å². The summed E-state index contributed by atoms with van der Waals surface area (Å²) in [6, 6.07) is 14.5. The van der Waals surface area contributed by atoms with Crippen LogP contribution in [-0.4, -0.2) is 33.7 Å². The van der Waals surface area contributed by atoms with Gasteiger partial charge in [0.15, 0.2) is 5.76 Å². The summed E-state index contributed by atoms with van der Waals surface area (Å²) in [6.07, 6.45) is 4.93. The summed E-state index contributed by atoms with van der Waals surface area (Å²) in [5.41, 5.74) is 1.35. The van der Waals surface area contributed by atoms with E-state index in [2.05, 4.69) is 50.5 Å². The maximum absolute atomic E-state index is 5.87. The molecule has 0 radical (unpaired) electrons. The van der Waals surface area contributed by atoms with Gasteiger partial charge in [-0.3, -0.25) is 9.80 Å². The molecule has 0 N–H and O–H groups in total. The highest BCUT2D eigenvalue weighted by Gasteiger charge is 2.37. The van der Waals surface area contributed by atoms with Crippen LogP contribution in [0.25, 0.3) is 16.6 Å². The zero-order valence-electron chi connectivity index (χ0n) is 13.4.